The number of hydrogen-bond donors (Lipinski definition) is 0. The first-order chi connectivity index (χ1) is 8.78. The summed E-state index contributed by atoms with van der Waals surface area (Å²) in [4.78, 5) is 5.50. The second kappa shape index (κ2) is 4.42. The van der Waals surface area contributed by atoms with Gasteiger partial charge in [0.25, 0.3) is 0 Å². The summed E-state index contributed by atoms with van der Waals surface area (Å²) in [5.41, 5.74) is 1.91. The van der Waals surface area contributed by atoms with Crippen molar-refractivity contribution in [3.63, 3.8) is 0 Å². The fourth-order valence-electron chi connectivity index (χ4n) is 1.89. The van der Waals surface area contributed by atoms with Crippen molar-refractivity contribution in [3.8, 4) is 17.0 Å². The van der Waals surface area contributed by atoms with Crippen molar-refractivity contribution in [2.45, 2.75) is 13.8 Å². The van der Waals surface area contributed by atoms with Crippen molar-refractivity contribution in [1.82, 2.24) is 14.6 Å². The lowest BCUT2D eigenvalue weighted by molar-refractivity contribution is 0.341. The van der Waals surface area contributed by atoms with E-state index >= 15 is 0 Å². The number of aromatic nitrogens is 3. The quantitative estimate of drug-likeness (QED) is 0.725. The van der Waals surface area contributed by atoms with Crippen molar-refractivity contribution in [3.05, 3.63) is 35.5 Å². The standard InChI is InChI=1S/C13H13N3OS/c1-3-17-12-7-5-4-6-10(12)11-8-16-13(14-11)18-9(2)15-16/h4-8H,3H2,1-2H3. The van der Waals surface area contributed by atoms with Crippen LogP contribution in [0.1, 0.15) is 11.9 Å². The van der Waals surface area contributed by atoms with Gasteiger partial charge in [-0.05, 0) is 26.0 Å². The average molecular weight is 259 g/mol. The first-order valence-corrected chi connectivity index (χ1v) is 6.64. The van der Waals surface area contributed by atoms with Gasteiger partial charge in [0, 0.05) is 5.56 Å². The smallest absolute Gasteiger partial charge is 0.212 e. The minimum atomic E-state index is 0.649. The van der Waals surface area contributed by atoms with E-state index in [1.165, 1.54) is 0 Å². The Bertz CT molecular complexity index is 655. The molecular weight excluding hydrogens is 246 g/mol. The van der Waals surface area contributed by atoms with Gasteiger partial charge in [0.2, 0.25) is 4.96 Å². The highest BCUT2D eigenvalue weighted by Gasteiger charge is 2.11. The fraction of sp³-hybridized carbons (Fsp3) is 0.231. The van der Waals surface area contributed by atoms with Crippen LogP contribution in [-0.4, -0.2) is 21.2 Å². The molecule has 0 aliphatic carbocycles. The zero-order valence-corrected chi connectivity index (χ0v) is 11.1. The molecule has 0 spiro atoms. The summed E-state index contributed by atoms with van der Waals surface area (Å²) in [7, 11) is 0. The summed E-state index contributed by atoms with van der Waals surface area (Å²) in [6.45, 7) is 4.61. The first kappa shape index (κ1) is 11.2. The maximum Gasteiger partial charge on any atom is 0.212 e. The Morgan fingerprint density at radius 2 is 2.17 bits per heavy atom. The van der Waals surface area contributed by atoms with Crippen LogP contribution >= 0.6 is 11.3 Å². The second-order valence-corrected chi connectivity index (χ2v) is 5.06. The molecule has 0 saturated carbocycles. The van der Waals surface area contributed by atoms with Crippen LogP contribution in [0.15, 0.2) is 30.5 Å². The summed E-state index contributed by atoms with van der Waals surface area (Å²) < 4.78 is 7.44. The number of benzene rings is 1. The van der Waals surface area contributed by atoms with Crippen LogP contribution in [0.25, 0.3) is 16.2 Å². The molecule has 0 aliphatic heterocycles. The molecular formula is C13H13N3OS. The number of fused-ring (bicyclic) bond motifs is 1. The molecule has 0 bridgehead atoms. The molecule has 2 aromatic heterocycles. The van der Waals surface area contributed by atoms with E-state index in [2.05, 4.69) is 10.1 Å². The van der Waals surface area contributed by atoms with Gasteiger partial charge in [0.15, 0.2) is 0 Å². The minimum absolute atomic E-state index is 0.649. The Morgan fingerprint density at radius 1 is 1.33 bits per heavy atom. The van der Waals surface area contributed by atoms with Crippen molar-refractivity contribution < 1.29 is 4.74 Å². The van der Waals surface area contributed by atoms with E-state index in [0.29, 0.717) is 6.61 Å². The molecule has 0 radical (unpaired) electrons. The number of ether oxygens (including phenoxy) is 1. The predicted molar refractivity (Wildman–Crippen MR) is 72.2 cm³/mol. The molecule has 0 atom stereocenters. The number of rotatable bonds is 3. The molecule has 3 rings (SSSR count). The Morgan fingerprint density at radius 3 is 2.94 bits per heavy atom. The van der Waals surface area contributed by atoms with E-state index in [9.17, 15) is 0 Å². The predicted octanol–water partition coefficient (Wildman–Crippen LogP) is 3.16. The van der Waals surface area contributed by atoms with Crippen LogP contribution in [0, 0.1) is 6.92 Å². The molecule has 92 valence electrons. The van der Waals surface area contributed by atoms with Gasteiger partial charge in [0.05, 0.1) is 18.5 Å². The van der Waals surface area contributed by atoms with Gasteiger partial charge < -0.3 is 4.74 Å². The van der Waals surface area contributed by atoms with Crippen molar-refractivity contribution in [2.75, 3.05) is 6.61 Å². The maximum atomic E-state index is 5.62. The lowest BCUT2D eigenvalue weighted by Gasteiger charge is -2.07. The summed E-state index contributed by atoms with van der Waals surface area (Å²) in [6, 6.07) is 7.94. The zero-order chi connectivity index (χ0) is 12.5. The minimum Gasteiger partial charge on any atom is -0.493 e. The second-order valence-electron chi connectivity index (χ2n) is 3.90. The SMILES string of the molecule is CCOc1ccccc1-c1cn2nc(C)sc2n1. The average Bonchev–Trinajstić information content (AvgIpc) is 2.87. The molecule has 0 saturated heterocycles. The topological polar surface area (TPSA) is 39.4 Å². The summed E-state index contributed by atoms with van der Waals surface area (Å²) in [6.07, 6.45) is 1.94. The summed E-state index contributed by atoms with van der Waals surface area (Å²) >= 11 is 1.59. The number of para-hydroxylation sites is 1. The van der Waals surface area contributed by atoms with Gasteiger partial charge in [0.1, 0.15) is 10.8 Å². The largest absolute Gasteiger partial charge is 0.493 e. The van der Waals surface area contributed by atoms with E-state index in [-0.39, 0.29) is 0 Å². The molecule has 18 heavy (non-hydrogen) atoms. The molecule has 0 fully saturated rings. The van der Waals surface area contributed by atoms with Gasteiger partial charge in [-0.1, -0.05) is 23.5 Å². The van der Waals surface area contributed by atoms with Gasteiger partial charge in [-0.25, -0.2) is 9.50 Å². The lowest BCUT2D eigenvalue weighted by atomic mass is 10.1. The molecule has 0 unspecified atom stereocenters. The Labute approximate surface area is 109 Å². The van der Waals surface area contributed by atoms with Crippen LogP contribution < -0.4 is 4.74 Å². The number of nitrogens with zero attached hydrogens (tertiary/aromatic N) is 3. The molecule has 3 aromatic rings. The molecule has 0 N–H and O–H groups in total. The molecule has 0 amide bonds. The van der Waals surface area contributed by atoms with Gasteiger partial charge in [-0.15, -0.1) is 0 Å². The molecule has 4 nitrogen and oxygen atoms in total. The van der Waals surface area contributed by atoms with Crippen LogP contribution in [0.5, 0.6) is 5.75 Å². The Kier molecular flexibility index (Phi) is 2.76. The maximum absolute atomic E-state index is 5.62. The number of aryl methyl sites for hydroxylation is 1. The van der Waals surface area contributed by atoms with Crippen molar-refractivity contribution in [2.24, 2.45) is 0 Å². The van der Waals surface area contributed by atoms with Gasteiger partial charge >= 0.3 is 0 Å². The number of hydrogen-bond acceptors (Lipinski definition) is 4. The van der Waals surface area contributed by atoms with Crippen LogP contribution in [-0.2, 0) is 0 Å². The van der Waals surface area contributed by atoms with Crippen molar-refractivity contribution in [1.29, 1.82) is 0 Å². The molecule has 1 aromatic carbocycles. The highest BCUT2D eigenvalue weighted by Crippen LogP contribution is 2.30. The van der Waals surface area contributed by atoms with Gasteiger partial charge in [-0.3, -0.25) is 0 Å². The molecule has 5 heteroatoms. The van der Waals surface area contributed by atoms with E-state index in [0.717, 1.165) is 27.0 Å². The van der Waals surface area contributed by atoms with Crippen LogP contribution in [0.3, 0.4) is 0 Å². The third-order valence-corrected chi connectivity index (χ3v) is 3.45. The normalized spacial score (nSPS) is 11.0. The number of imidazole rings is 1. The zero-order valence-electron chi connectivity index (χ0n) is 10.3. The van der Waals surface area contributed by atoms with E-state index < -0.39 is 0 Å². The highest BCUT2D eigenvalue weighted by atomic mass is 32.1. The summed E-state index contributed by atoms with van der Waals surface area (Å²) in [5, 5.41) is 5.38. The summed E-state index contributed by atoms with van der Waals surface area (Å²) in [5.74, 6) is 0.863. The van der Waals surface area contributed by atoms with Gasteiger partial charge in [-0.2, -0.15) is 5.10 Å². The third-order valence-electron chi connectivity index (χ3n) is 2.61. The fourth-order valence-corrected chi connectivity index (χ4v) is 2.61. The van der Waals surface area contributed by atoms with E-state index in [1.54, 1.807) is 11.3 Å². The third kappa shape index (κ3) is 1.86. The van der Waals surface area contributed by atoms with E-state index in [4.69, 9.17) is 4.74 Å². The first-order valence-electron chi connectivity index (χ1n) is 5.83. The van der Waals surface area contributed by atoms with Crippen molar-refractivity contribution >= 4 is 16.3 Å². The Hall–Kier alpha value is -1.88. The van der Waals surface area contributed by atoms with E-state index in [1.807, 2.05) is 48.8 Å². The molecule has 0 aliphatic rings. The molecule has 2 heterocycles. The Balaban J connectivity index is 2.10. The lowest BCUT2D eigenvalue weighted by Crippen LogP contribution is -1.93. The van der Waals surface area contributed by atoms with Crippen LogP contribution in [0.2, 0.25) is 0 Å². The van der Waals surface area contributed by atoms with Crippen LogP contribution in [0.4, 0.5) is 0 Å². The monoisotopic (exact) mass is 259 g/mol. The highest BCUT2D eigenvalue weighted by molar-refractivity contribution is 7.16.